The molecule has 0 atom stereocenters. The summed E-state index contributed by atoms with van der Waals surface area (Å²) in [5.74, 6) is 0.694. The zero-order valence-electron chi connectivity index (χ0n) is 15.3. The number of halogens is 2. The number of urea groups is 1. The smallest absolute Gasteiger partial charge is 0.340 e. The van der Waals surface area contributed by atoms with E-state index in [0.717, 1.165) is 19.3 Å². The lowest BCUT2D eigenvalue weighted by Gasteiger charge is -2.56. The van der Waals surface area contributed by atoms with Crippen LogP contribution in [0.25, 0.3) is 0 Å². The molecule has 4 fully saturated rings. The molecule has 3 amide bonds. The van der Waals surface area contributed by atoms with Gasteiger partial charge < -0.3 is 10.1 Å². The first-order valence-electron chi connectivity index (χ1n) is 9.56. The average Bonchev–Trinajstić information content (AvgIpc) is 2.60. The second kappa shape index (κ2) is 7.67. The SMILES string of the molecule is O=C(COC(=O)c1cc(Br)ccc1Cl)NC(=O)NC12CC3CC(CC(C3)C1)C2. The number of carbonyl (C=O) groups is 3. The molecular formula is C20H22BrClN2O4. The third-order valence-electron chi connectivity index (χ3n) is 6.15. The van der Waals surface area contributed by atoms with Gasteiger partial charge in [0.2, 0.25) is 0 Å². The number of rotatable bonds is 4. The Bertz CT molecular complexity index is 793. The van der Waals surface area contributed by atoms with Crippen molar-refractivity contribution in [1.82, 2.24) is 10.6 Å². The second-order valence-electron chi connectivity index (χ2n) is 8.40. The van der Waals surface area contributed by atoms with Gasteiger partial charge in [0.1, 0.15) is 0 Å². The summed E-state index contributed by atoms with van der Waals surface area (Å²) in [5, 5.41) is 5.56. The lowest BCUT2D eigenvalue weighted by atomic mass is 9.53. The van der Waals surface area contributed by atoms with E-state index in [9.17, 15) is 14.4 Å². The van der Waals surface area contributed by atoms with E-state index in [1.807, 2.05) is 0 Å². The Balaban J connectivity index is 1.28. The van der Waals surface area contributed by atoms with Crippen molar-refractivity contribution in [1.29, 1.82) is 0 Å². The fourth-order valence-corrected chi connectivity index (χ4v) is 6.12. The number of ether oxygens (including phenoxy) is 1. The Morgan fingerprint density at radius 3 is 2.32 bits per heavy atom. The topological polar surface area (TPSA) is 84.5 Å². The molecule has 8 heteroatoms. The minimum absolute atomic E-state index is 0.155. The monoisotopic (exact) mass is 468 g/mol. The van der Waals surface area contributed by atoms with Crippen LogP contribution < -0.4 is 10.6 Å². The Hall–Kier alpha value is -1.60. The Labute approximate surface area is 176 Å². The van der Waals surface area contributed by atoms with Crippen LogP contribution in [0.5, 0.6) is 0 Å². The highest BCUT2D eigenvalue weighted by molar-refractivity contribution is 9.10. The number of esters is 1. The molecule has 0 aromatic heterocycles. The third-order valence-corrected chi connectivity index (χ3v) is 6.98. The summed E-state index contributed by atoms with van der Waals surface area (Å²) in [7, 11) is 0. The van der Waals surface area contributed by atoms with Crippen LogP contribution in [0.3, 0.4) is 0 Å². The number of imide groups is 1. The van der Waals surface area contributed by atoms with Crippen LogP contribution in [-0.4, -0.2) is 30.1 Å². The summed E-state index contributed by atoms with van der Waals surface area (Å²) >= 11 is 9.23. The van der Waals surface area contributed by atoms with Crippen molar-refractivity contribution in [3.05, 3.63) is 33.3 Å². The number of nitrogens with one attached hydrogen (secondary N) is 2. The summed E-state index contributed by atoms with van der Waals surface area (Å²) in [5.41, 5.74) is -0.0264. The highest BCUT2D eigenvalue weighted by Gasteiger charge is 2.51. The predicted octanol–water partition coefficient (Wildman–Crippen LogP) is 4.05. The average molecular weight is 470 g/mol. The van der Waals surface area contributed by atoms with E-state index in [-0.39, 0.29) is 16.1 Å². The molecule has 150 valence electrons. The minimum atomic E-state index is -0.719. The molecule has 4 saturated carbocycles. The molecule has 2 N–H and O–H groups in total. The maximum atomic E-state index is 12.3. The second-order valence-corrected chi connectivity index (χ2v) is 9.72. The van der Waals surface area contributed by atoms with Crippen molar-refractivity contribution < 1.29 is 19.1 Å². The molecule has 6 nitrogen and oxygen atoms in total. The van der Waals surface area contributed by atoms with Gasteiger partial charge in [-0.15, -0.1) is 0 Å². The van der Waals surface area contributed by atoms with E-state index < -0.39 is 24.5 Å². The molecular weight excluding hydrogens is 448 g/mol. The summed E-state index contributed by atoms with van der Waals surface area (Å²) in [6.07, 6.45) is 6.81. The molecule has 4 aliphatic carbocycles. The van der Waals surface area contributed by atoms with Crippen molar-refractivity contribution in [2.75, 3.05) is 6.61 Å². The number of amides is 3. The van der Waals surface area contributed by atoms with Crippen LogP contribution in [0.15, 0.2) is 22.7 Å². The minimum Gasteiger partial charge on any atom is -0.452 e. The van der Waals surface area contributed by atoms with Gasteiger partial charge in [0.05, 0.1) is 10.6 Å². The van der Waals surface area contributed by atoms with Gasteiger partial charge in [0.15, 0.2) is 6.61 Å². The zero-order valence-corrected chi connectivity index (χ0v) is 17.6. The van der Waals surface area contributed by atoms with Crippen LogP contribution in [0.1, 0.15) is 48.9 Å². The lowest BCUT2D eigenvalue weighted by molar-refractivity contribution is -0.123. The normalized spacial score (nSPS) is 30.0. The van der Waals surface area contributed by atoms with Gasteiger partial charge in [-0.3, -0.25) is 10.1 Å². The van der Waals surface area contributed by atoms with Crippen molar-refractivity contribution in [2.45, 2.75) is 44.1 Å². The van der Waals surface area contributed by atoms with Gasteiger partial charge in [-0.2, -0.15) is 0 Å². The van der Waals surface area contributed by atoms with Gasteiger partial charge in [-0.05, 0) is 74.5 Å². The molecule has 28 heavy (non-hydrogen) atoms. The fraction of sp³-hybridized carbons (Fsp3) is 0.550. The number of hydrogen-bond donors (Lipinski definition) is 2. The van der Waals surface area contributed by atoms with E-state index in [2.05, 4.69) is 26.6 Å². The molecule has 1 aromatic carbocycles. The molecule has 0 radical (unpaired) electrons. The van der Waals surface area contributed by atoms with Crippen LogP contribution in [0, 0.1) is 17.8 Å². The van der Waals surface area contributed by atoms with E-state index in [1.165, 1.54) is 25.3 Å². The molecule has 4 bridgehead atoms. The van der Waals surface area contributed by atoms with Crippen LogP contribution in [0.2, 0.25) is 5.02 Å². The quantitative estimate of drug-likeness (QED) is 0.652. The van der Waals surface area contributed by atoms with Gasteiger partial charge in [0, 0.05) is 10.0 Å². The van der Waals surface area contributed by atoms with Crippen molar-refractivity contribution in [2.24, 2.45) is 17.8 Å². The van der Waals surface area contributed by atoms with Crippen LogP contribution in [0.4, 0.5) is 4.79 Å². The summed E-state index contributed by atoms with van der Waals surface area (Å²) in [6, 6.07) is 4.26. The van der Waals surface area contributed by atoms with Crippen LogP contribution in [-0.2, 0) is 9.53 Å². The van der Waals surface area contributed by atoms with Gasteiger partial charge in [-0.1, -0.05) is 27.5 Å². The lowest BCUT2D eigenvalue weighted by Crippen LogP contribution is -2.62. The Morgan fingerprint density at radius 1 is 1.11 bits per heavy atom. The highest BCUT2D eigenvalue weighted by atomic mass is 79.9. The van der Waals surface area contributed by atoms with E-state index in [4.69, 9.17) is 16.3 Å². The molecule has 0 unspecified atom stereocenters. The number of hydrogen-bond acceptors (Lipinski definition) is 4. The molecule has 0 spiro atoms. The van der Waals surface area contributed by atoms with Crippen molar-refractivity contribution in [3.63, 3.8) is 0 Å². The molecule has 4 aliphatic rings. The van der Waals surface area contributed by atoms with E-state index in [1.54, 1.807) is 12.1 Å². The van der Waals surface area contributed by atoms with Crippen molar-refractivity contribution >= 4 is 45.4 Å². The molecule has 1 aromatic rings. The van der Waals surface area contributed by atoms with E-state index >= 15 is 0 Å². The summed E-state index contributed by atoms with van der Waals surface area (Å²) in [4.78, 5) is 36.5. The Kier molecular flexibility index (Phi) is 5.40. The van der Waals surface area contributed by atoms with E-state index in [0.29, 0.717) is 22.2 Å². The molecule has 0 heterocycles. The number of benzene rings is 1. The third kappa shape index (κ3) is 4.20. The summed E-state index contributed by atoms with van der Waals surface area (Å²) < 4.78 is 5.65. The molecule has 5 rings (SSSR count). The zero-order chi connectivity index (χ0) is 19.9. The van der Waals surface area contributed by atoms with Gasteiger partial charge in [-0.25, -0.2) is 9.59 Å². The standard InChI is InChI=1S/C20H22BrClN2O4/c21-14-1-2-16(22)15(6-14)18(26)28-10-17(25)23-19(27)24-20-7-11-3-12(8-20)5-13(4-11)9-20/h1-2,6,11-13H,3-5,7-10H2,(H2,23,24,25,27). The van der Waals surface area contributed by atoms with Gasteiger partial charge >= 0.3 is 12.0 Å². The van der Waals surface area contributed by atoms with Crippen LogP contribution >= 0.6 is 27.5 Å². The first-order chi connectivity index (χ1) is 13.3. The first kappa shape index (κ1) is 19.7. The maximum Gasteiger partial charge on any atom is 0.340 e. The summed E-state index contributed by atoms with van der Waals surface area (Å²) in [6.45, 7) is -0.546. The Morgan fingerprint density at radius 2 is 1.71 bits per heavy atom. The maximum absolute atomic E-state index is 12.3. The number of carbonyl (C=O) groups excluding carboxylic acids is 3. The van der Waals surface area contributed by atoms with Gasteiger partial charge in [0.25, 0.3) is 5.91 Å². The largest absolute Gasteiger partial charge is 0.452 e. The first-order valence-corrected chi connectivity index (χ1v) is 10.7. The van der Waals surface area contributed by atoms with Crippen molar-refractivity contribution in [3.8, 4) is 0 Å². The molecule has 0 saturated heterocycles. The highest BCUT2D eigenvalue weighted by Crippen LogP contribution is 2.55. The fourth-order valence-electron chi connectivity index (χ4n) is 5.56. The molecule has 0 aliphatic heterocycles. The predicted molar refractivity (Wildman–Crippen MR) is 107 cm³/mol.